The molecule has 1 atom stereocenters. The number of morpholine rings is 2. The van der Waals surface area contributed by atoms with Crippen LogP contribution in [0.25, 0.3) is 38.8 Å². The molecule has 236 valence electrons. The van der Waals surface area contributed by atoms with Crippen LogP contribution >= 0.6 is 0 Å². The van der Waals surface area contributed by atoms with Gasteiger partial charge in [-0.25, -0.2) is 0 Å². The van der Waals surface area contributed by atoms with Crippen molar-refractivity contribution in [2.24, 2.45) is 0 Å². The lowest BCUT2D eigenvalue weighted by molar-refractivity contribution is 0.122. The number of hydrogen-bond donors (Lipinski definition) is 0. The Bertz CT molecular complexity index is 2130. The average molecular weight is 625 g/mol. The van der Waals surface area contributed by atoms with E-state index in [1.54, 1.807) is 7.11 Å². The summed E-state index contributed by atoms with van der Waals surface area (Å²) in [7, 11) is 1.75. The van der Waals surface area contributed by atoms with Gasteiger partial charge in [0.1, 0.15) is 11.3 Å². The Morgan fingerprint density at radius 2 is 1.36 bits per heavy atom. The van der Waals surface area contributed by atoms with Crippen LogP contribution in [0.3, 0.4) is 0 Å². The second-order valence-electron chi connectivity index (χ2n) is 12.4. The van der Waals surface area contributed by atoms with Crippen LogP contribution in [0.5, 0.6) is 11.5 Å². The van der Waals surface area contributed by atoms with Gasteiger partial charge in [-0.05, 0) is 53.3 Å². The number of fused-ring (bicyclic) bond motifs is 8. The number of rotatable bonds is 5. The zero-order valence-corrected chi connectivity index (χ0v) is 26.4. The van der Waals surface area contributed by atoms with Gasteiger partial charge in [-0.1, -0.05) is 60.7 Å². The maximum Gasteiger partial charge on any atom is 0.178 e. The maximum absolute atomic E-state index is 7.39. The summed E-state index contributed by atoms with van der Waals surface area (Å²) in [6, 6.07) is 32.0. The SMILES string of the molecule is COc1cc2c(cc1N1CCOCC1)c1c(c3oc4ccccc4c32)OC(c2ccccc2)(c2ccc(N3CCOCC3)cc2)C=C1. The van der Waals surface area contributed by atoms with E-state index in [4.69, 9.17) is 23.4 Å². The number of furan rings is 1. The molecular weight excluding hydrogens is 588 g/mol. The summed E-state index contributed by atoms with van der Waals surface area (Å²) in [5, 5.41) is 4.26. The minimum atomic E-state index is -0.864. The summed E-state index contributed by atoms with van der Waals surface area (Å²) in [5.74, 6) is 1.58. The molecule has 0 amide bonds. The first-order valence-electron chi connectivity index (χ1n) is 16.4. The molecule has 0 aliphatic carbocycles. The summed E-state index contributed by atoms with van der Waals surface area (Å²) >= 11 is 0. The predicted molar refractivity (Wildman–Crippen MR) is 187 cm³/mol. The second kappa shape index (κ2) is 11.4. The Labute approximate surface area is 273 Å². The van der Waals surface area contributed by atoms with Gasteiger partial charge in [-0.2, -0.15) is 0 Å². The molecule has 7 nitrogen and oxygen atoms in total. The number of ether oxygens (including phenoxy) is 4. The van der Waals surface area contributed by atoms with E-state index in [1.807, 2.05) is 18.2 Å². The second-order valence-corrected chi connectivity index (χ2v) is 12.4. The Kier molecular flexibility index (Phi) is 6.84. The first kappa shape index (κ1) is 28.3. The van der Waals surface area contributed by atoms with Gasteiger partial charge < -0.3 is 33.2 Å². The topological polar surface area (TPSA) is 56.5 Å². The van der Waals surface area contributed by atoms with Gasteiger partial charge in [0.25, 0.3) is 0 Å². The van der Waals surface area contributed by atoms with Gasteiger partial charge in [-0.3, -0.25) is 0 Å². The molecule has 5 aromatic carbocycles. The van der Waals surface area contributed by atoms with Crippen molar-refractivity contribution >= 4 is 50.2 Å². The fourth-order valence-corrected chi connectivity index (χ4v) is 7.50. The van der Waals surface area contributed by atoms with E-state index < -0.39 is 5.60 Å². The van der Waals surface area contributed by atoms with Crippen molar-refractivity contribution in [3.05, 3.63) is 114 Å². The number of benzene rings is 5. The highest BCUT2D eigenvalue weighted by Crippen LogP contribution is 2.52. The molecule has 3 aliphatic rings. The predicted octanol–water partition coefficient (Wildman–Crippen LogP) is 7.77. The van der Waals surface area contributed by atoms with Gasteiger partial charge in [0.15, 0.2) is 16.9 Å². The van der Waals surface area contributed by atoms with Crippen molar-refractivity contribution < 1.29 is 23.4 Å². The quantitative estimate of drug-likeness (QED) is 0.194. The van der Waals surface area contributed by atoms with E-state index in [0.717, 1.165) is 106 Å². The van der Waals surface area contributed by atoms with Crippen LogP contribution in [-0.2, 0) is 15.1 Å². The lowest BCUT2D eigenvalue weighted by Crippen LogP contribution is -2.37. The van der Waals surface area contributed by atoms with Crippen LogP contribution < -0.4 is 19.3 Å². The fraction of sp³-hybridized carbons (Fsp3) is 0.250. The van der Waals surface area contributed by atoms with E-state index in [2.05, 4.69) is 94.7 Å². The smallest absolute Gasteiger partial charge is 0.178 e. The number of hydrogen-bond acceptors (Lipinski definition) is 7. The van der Waals surface area contributed by atoms with Crippen LogP contribution in [0.4, 0.5) is 11.4 Å². The third-order valence-electron chi connectivity index (χ3n) is 9.90. The van der Waals surface area contributed by atoms with Crippen molar-refractivity contribution in [2.75, 3.05) is 69.5 Å². The van der Waals surface area contributed by atoms with Gasteiger partial charge in [0, 0.05) is 59.3 Å². The zero-order valence-electron chi connectivity index (χ0n) is 26.4. The molecule has 6 aromatic rings. The van der Waals surface area contributed by atoms with Crippen LogP contribution in [0, 0.1) is 0 Å². The third kappa shape index (κ3) is 4.56. The molecule has 2 saturated heterocycles. The highest BCUT2D eigenvalue weighted by atomic mass is 16.5. The summed E-state index contributed by atoms with van der Waals surface area (Å²) in [6.45, 7) is 6.28. The number of para-hydroxylation sites is 1. The molecule has 4 heterocycles. The van der Waals surface area contributed by atoms with Crippen molar-refractivity contribution in [1.29, 1.82) is 0 Å². The van der Waals surface area contributed by atoms with E-state index in [0.29, 0.717) is 13.2 Å². The molecule has 0 bridgehead atoms. The molecule has 0 radical (unpaired) electrons. The Morgan fingerprint density at radius 3 is 2.11 bits per heavy atom. The minimum Gasteiger partial charge on any atom is -0.495 e. The lowest BCUT2D eigenvalue weighted by atomic mass is 9.82. The summed E-state index contributed by atoms with van der Waals surface area (Å²) in [6.07, 6.45) is 4.44. The Morgan fingerprint density at radius 1 is 0.681 bits per heavy atom. The Balaban J connectivity index is 1.28. The van der Waals surface area contributed by atoms with Crippen molar-refractivity contribution in [1.82, 2.24) is 0 Å². The number of nitrogens with zero attached hydrogens (tertiary/aromatic N) is 2. The normalized spacial score (nSPS) is 19.7. The van der Waals surface area contributed by atoms with Crippen molar-refractivity contribution in [3.8, 4) is 11.5 Å². The molecule has 7 heteroatoms. The molecule has 9 rings (SSSR count). The van der Waals surface area contributed by atoms with Crippen LogP contribution in [-0.4, -0.2) is 59.7 Å². The Hall–Kier alpha value is -4.98. The molecule has 1 aromatic heterocycles. The monoisotopic (exact) mass is 624 g/mol. The summed E-state index contributed by atoms with van der Waals surface area (Å²) < 4.78 is 31.4. The van der Waals surface area contributed by atoms with E-state index in [9.17, 15) is 0 Å². The van der Waals surface area contributed by atoms with Crippen molar-refractivity contribution in [3.63, 3.8) is 0 Å². The maximum atomic E-state index is 7.39. The van der Waals surface area contributed by atoms with Gasteiger partial charge in [0.2, 0.25) is 0 Å². The van der Waals surface area contributed by atoms with E-state index >= 15 is 0 Å². The van der Waals surface area contributed by atoms with Gasteiger partial charge >= 0.3 is 0 Å². The third-order valence-corrected chi connectivity index (χ3v) is 9.90. The number of methoxy groups -OCH3 is 1. The standard InChI is InChI=1S/C40H36N2O5/c1-43-36-26-33-32(25-34(36)42-19-23-45-24-20-42)30-15-16-40(27-7-3-2-4-8-27,28-11-13-29(14-12-28)41-17-21-44-22-18-41)47-38(30)39-37(33)31-9-5-6-10-35(31)46-39/h2-16,25-26H,17-24H2,1H3. The first-order chi connectivity index (χ1) is 23.2. The molecular formula is C40H36N2O5. The van der Waals surface area contributed by atoms with E-state index in [-0.39, 0.29) is 0 Å². The summed E-state index contributed by atoms with van der Waals surface area (Å²) in [4.78, 5) is 4.73. The van der Waals surface area contributed by atoms with Crippen LogP contribution in [0.2, 0.25) is 0 Å². The fourth-order valence-electron chi connectivity index (χ4n) is 7.50. The average Bonchev–Trinajstić information content (AvgIpc) is 3.55. The van der Waals surface area contributed by atoms with Gasteiger partial charge in [0.05, 0.1) is 39.2 Å². The molecule has 0 spiro atoms. The summed E-state index contributed by atoms with van der Waals surface area (Å²) in [5.41, 5.74) is 6.05. The lowest BCUT2D eigenvalue weighted by Gasteiger charge is -2.37. The molecule has 0 N–H and O–H groups in total. The molecule has 1 unspecified atom stereocenters. The van der Waals surface area contributed by atoms with Gasteiger partial charge in [-0.15, -0.1) is 0 Å². The van der Waals surface area contributed by atoms with Crippen LogP contribution in [0.15, 0.2) is 101 Å². The highest BCUT2D eigenvalue weighted by molar-refractivity contribution is 6.23. The highest BCUT2D eigenvalue weighted by Gasteiger charge is 2.39. The molecule has 47 heavy (non-hydrogen) atoms. The molecule has 2 fully saturated rings. The largest absolute Gasteiger partial charge is 0.495 e. The number of anilines is 2. The zero-order chi connectivity index (χ0) is 31.4. The van der Waals surface area contributed by atoms with Crippen LogP contribution in [0.1, 0.15) is 16.7 Å². The molecule has 0 saturated carbocycles. The van der Waals surface area contributed by atoms with Crippen molar-refractivity contribution in [2.45, 2.75) is 5.60 Å². The first-order valence-corrected chi connectivity index (χ1v) is 16.4. The minimum absolute atomic E-state index is 0.692. The van der Waals surface area contributed by atoms with E-state index in [1.165, 1.54) is 5.69 Å². The molecule has 3 aliphatic heterocycles.